The van der Waals surface area contributed by atoms with E-state index in [4.69, 9.17) is 4.74 Å². The zero-order chi connectivity index (χ0) is 13.9. The molecule has 0 aromatic heterocycles. The van der Waals surface area contributed by atoms with Crippen LogP contribution < -0.4 is 0 Å². The van der Waals surface area contributed by atoms with Crippen LogP contribution in [0.25, 0.3) is 0 Å². The van der Waals surface area contributed by atoms with E-state index in [0.29, 0.717) is 11.8 Å². The van der Waals surface area contributed by atoms with Crippen LogP contribution in [0.5, 0.6) is 0 Å². The van der Waals surface area contributed by atoms with E-state index in [-0.39, 0.29) is 12.1 Å². The molecule has 20 heavy (non-hydrogen) atoms. The Morgan fingerprint density at radius 3 is 2.65 bits per heavy atom. The zero-order valence-electron chi connectivity index (χ0n) is 12.5. The molecule has 3 rings (SSSR count). The third-order valence-electron chi connectivity index (χ3n) is 5.18. The second-order valence-electron chi connectivity index (χ2n) is 6.70. The van der Waals surface area contributed by atoms with Crippen molar-refractivity contribution in [3.05, 3.63) is 23.8 Å². The van der Waals surface area contributed by atoms with Gasteiger partial charge in [-0.05, 0) is 43.9 Å². The Hall–Kier alpha value is -1.05. The minimum atomic E-state index is -0.0427. The molecule has 2 bridgehead atoms. The first kappa shape index (κ1) is 13.9. The molecule has 2 nitrogen and oxygen atoms in total. The summed E-state index contributed by atoms with van der Waals surface area (Å²) in [6, 6.07) is 0. The highest BCUT2D eigenvalue weighted by Crippen LogP contribution is 2.39. The molecule has 1 fully saturated rings. The van der Waals surface area contributed by atoms with Gasteiger partial charge in [-0.15, -0.1) is 0 Å². The lowest BCUT2D eigenvalue weighted by Gasteiger charge is -2.28. The summed E-state index contributed by atoms with van der Waals surface area (Å²) in [6.45, 7) is 2.25. The van der Waals surface area contributed by atoms with E-state index in [1.54, 1.807) is 0 Å². The molecule has 0 spiro atoms. The predicted molar refractivity (Wildman–Crippen MR) is 80.2 cm³/mol. The number of unbranched alkanes of at least 4 members (excludes halogenated alkanes) is 1. The first-order valence-corrected chi connectivity index (χ1v) is 8.37. The fourth-order valence-electron chi connectivity index (χ4n) is 3.91. The number of carbonyl (C=O) groups is 1. The van der Waals surface area contributed by atoms with Gasteiger partial charge in [0.25, 0.3) is 0 Å². The van der Waals surface area contributed by atoms with Gasteiger partial charge < -0.3 is 4.74 Å². The molecule has 2 heteroatoms. The van der Waals surface area contributed by atoms with Crippen molar-refractivity contribution in [2.45, 2.75) is 64.4 Å². The Kier molecular flexibility index (Phi) is 4.28. The number of fused-ring (bicyclic) bond motifs is 2. The van der Waals surface area contributed by atoms with E-state index in [1.807, 2.05) is 0 Å². The van der Waals surface area contributed by atoms with Crippen LogP contribution in [0, 0.1) is 17.8 Å². The van der Waals surface area contributed by atoms with Crippen molar-refractivity contribution >= 4 is 5.97 Å². The average molecular weight is 274 g/mol. The Bertz CT molecular complexity index is 413. The molecule has 1 saturated carbocycles. The number of ether oxygens (including phenoxy) is 1. The quantitative estimate of drug-likeness (QED) is 0.548. The van der Waals surface area contributed by atoms with Gasteiger partial charge in [0.15, 0.2) is 0 Å². The normalized spacial score (nSPS) is 35.1. The smallest absolute Gasteiger partial charge is 0.334 e. The lowest BCUT2D eigenvalue weighted by molar-refractivity contribution is -0.146. The van der Waals surface area contributed by atoms with Gasteiger partial charge in [-0.2, -0.15) is 0 Å². The molecule has 0 amide bonds. The summed E-state index contributed by atoms with van der Waals surface area (Å²) in [5, 5.41) is 0. The number of allylic oxidation sites excluding steroid dienone is 3. The first-order chi connectivity index (χ1) is 9.76. The largest absolute Gasteiger partial charge is 0.459 e. The lowest BCUT2D eigenvalue weighted by atomic mass is 9.84. The lowest BCUT2D eigenvalue weighted by Crippen LogP contribution is -2.26. The van der Waals surface area contributed by atoms with Gasteiger partial charge in [0.1, 0.15) is 6.10 Å². The van der Waals surface area contributed by atoms with Crippen LogP contribution in [0.15, 0.2) is 23.8 Å². The van der Waals surface area contributed by atoms with Gasteiger partial charge in [-0.25, -0.2) is 4.79 Å². The molecule has 3 aliphatic rings. The van der Waals surface area contributed by atoms with Crippen LogP contribution >= 0.6 is 0 Å². The molecular weight excluding hydrogens is 248 g/mol. The molecule has 0 saturated heterocycles. The second-order valence-corrected chi connectivity index (χ2v) is 6.70. The number of hydrogen-bond acceptors (Lipinski definition) is 2. The van der Waals surface area contributed by atoms with Crippen LogP contribution in [-0.2, 0) is 9.53 Å². The molecule has 3 aliphatic carbocycles. The molecule has 0 N–H and O–H groups in total. The standard InChI is InChI=1S/C18H26O2/c1-2-3-4-13-6-9-16(10-7-13)20-18(19)17-12-14-5-8-15(17)11-14/h5,8,12-16H,2-4,6-7,9-11H2,1H3. The van der Waals surface area contributed by atoms with Crippen molar-refractivity contribution in [3.8, 4) is 0 Å². The number of carbonyl (C=O) groups excluding carboxylic acids is 1. The number of rotatable bonds is 5. The molecule has 0 aromatic rings. The van der Waals surface area contributed by atoms with Crippen molar-refractivity contribution in [1.82, 2.24) is 0 Å². The summed E-state index contributed by atoms with van der Waals surface area (Å²) in [6.07, 6.45) is 16.4. The highest BCUT2D eigenvalue weighted by Gasteiger charge is 2.34. The van der Waals surface area contributed by atoms with Gasteiger partial charge in [-0.3, -0.25) is 0 Å². The fraction of sp³-hybridized carbons (Fsp3) is 0.722. The Morgan fingerprint density at radius 1 is 1.25 bits per heavy atom. The van der Waals surface area contributed by atoms with E-state index >= 15 is 0 Å². The minimum absolute atomic E-state index is 0.0427. The predicted octanol–water partition coefficient (Wildman–Crippen LogP) is 4.41. The molecule has 0 aromatic carbocycles. The summed E-state index contributed by atoms with van der Waals surface area (Å²) in [5.41, 5.74) is 0.922. The van der Waals surface area contributed by atoms with Gasteiger partial charge in [0.2, 0.25) is 0 Å². The summed E-state index contributed by atoms with van der Waals surface area (Å²) in [7, 11) is 0. The molecule has 0 aliphatic heterocycles. The molecular formula is C18H26O2. The van der Waals surface area contributed by atoms with Crippen molar-refractivity contribution in [2.75, 3.05) is 0 Å². The van der Waals surface area contributed by atoms with E-state index in [9.17, 15) is 4.79 Å². The molecule has 2 unspecified atom stereocenters. The Balaban J connectivity index is 1.43. The maximum atomic E-state index is 12.2. The van der Waals surface area contributed by atoms with Crippen LogP contribution in [0.1, 0.15) is 58.3 Å². The van der Waals surface area contributed by atoms with E-state index in [0.717, 1.165) is 30.8 Å². The van der Waals surface area contributed by atoms with Gasteiger partial charge >= 0.3 is 5.97 Å². The monoisotopic (exact) mass is 274 g/mol. The van der Waals surface area contributed by atoms with Crippen LogP contribution in [-0.4, -0.2) is 12.1 Å². The SMILES string of the molecule is CCCCC1CCC(OC(=O)C2=CC3C=CC2C3)CC1. The topological polar surface area (TPSA) is 26.3 Å². The fourth-order valence-corrected chi connectivity index (χ4v) is 3.91. The maximum absolute atomic E-state index is 12.2. The van der Waals surface area contributed by atoms with Crippen molar-refractivity contribution in [2.24, 2.45) is 17.8 Å². The first-order valence-electron chi connectivity index (χ1n) is 8.37. The Morgan fingerprint density at radius 2 is 2.05 bits per heavy atom. The third kappa shape index (κ3) is 2.99. The van der Waals surface area contributed by atoms with Gasteiger partial charge in [0.05, 0.1) is 0 Å². The summed E-state index contributed by atoms with van der Waals surface area (Å²) in [5.74, 6) is 1.66. The molecule has 110 valence electrons. The highest BCUT2D eigenvalue weighted by molar-refractivity contribution is 5.90. The van der Waals surface area contributed by atoms with E-state index in [1.165, 1.54) is 32.1 Å². The Labute approximate surface area is 122 Å². The second kappa shape index (κ2) is 6.15. The van der Waals surface area contributed by atoms with Crippen molar-refractivity contribution < 1.29 is 9.53 Å². The number of hydrogen-bond donors (Lipinski definition) is 0. The van der Waals surface area contributed by atoms with Crippen molar-refractivity contribution in [1.29, 1.82) is 0 Å². The zero-order valence-corrected chi connectivity index (χ0v) is 12.5. The van der Waals surface area contributed by atoms with E-state index < -0.39 is 0 Å². The minimum Gasteiger partial charge on any atom is -0.459 e. The van der Waals surface area contributed by atoms with E-state index in [2.05, 4.69) is 25.2 Å². The highest BCUT2D eigenvalue weighted by atomic mass is 16.5. The molecule has 0 radical (unpaired) electrons. The van der Waals surface area contributed by atoms with Crippen LogP contribution in [0.2, 0.25) is 0 Å². The molecule has 2 atom stereocenters. The summed E-state index contributed by atoms with van der Waals surface area (Å²) >= 11 is 0. The summed E-state index contributed by atoms with van der Waals surface area (Å²) < 4.78 is 5.74. The van der Waals surface area contributed by atoms with Gasteiger partial charge in [0, 0.05) is 11.5 Å². The number of esters is 1. The van der Waals surface area contributed by atoms with Gasteiger partial charge in [-0.1, -0.05) is 44.4 Å². The van der Waals surface area contributed by atoms with Crippen LogP contribution in [0.4, 0.5) is 0 Å². The van der Waals surface area contributed by atoms with Crippen LogP contribution in [0.3, 0.4) is 0 Å². The summed E-state index contributed by atoms with van der Waals surface area (Å²) in [4.78, 5) is 12.2. The third-order valence-corrected chi connectivity index (χ3v) is 5.18. The molecule has 0 heterocycles. The maximum Gasteiger partial charge on any atom is 0.334 e. The average Bonchev–Trinajstić information content (AvgIpc) is 3.09. The van der Waals surface area contributed by atoms with Crippen molar-refractivity contribution in [3.63, 3.8) is 0 Å².